The summed E-state index contributed by atoms with van der Waals surface area (Å²) in [6.45, 7) is 0.195. The van der Waals surface area contributed by atoms with Gasteiger partial charge in [0.1, 0.15) is 5.82 Å². The Morgan fingerprint density at radius 1 is 1.25 bits per heavy atom. The van der Waals surface area contributed by atoms with Gasteiger partial charge in [0.05, 0.1) is 12.1 Å². The summed E-state index contributed by atoms with van der Waals surface area (Å²) in [6, 6.07) is 2.09. The molecule has 3 nitrogen and oxygen atoms in total. The third-order valence-corrected chi connectivity index (χ3v) is 3.06. The van der Waals surface area contributed by atoms with E-state index in [1.165, 1.54) is 4.90 Å². The van der Waals surface area contributed by atoms with Gasteiger partial charge in [0.15, 0.2) is 5.78 Å². The number of benzene rings is 1. The van der Waals surface area contributed by atoms with Crippen LogP contribution in [0.25, 0.3) is 0 Å². The third-order valence-electron chi connectivity index (χ3n) is 3.06. The Bertz CT molecular complexity index is 554. The molecule has 20 heavy (non-hydrogen) atoms. The predicted molar refractivity (Wildman–Crippen MR) is 61.5 cm³/mol. The van der Waals surface area contributed by atoms with E-state index in [1.54, 1.807) is 0 Å². The molecule has 2 rings (SSSR count). The number of likely N-dealkylation sites (tertiary alicyclic amines) is 1. The highest BCUT2D eigenvalue weighted by atomic mass is 19.4. The average molecular weight is 289 g/mol. The number of hydrogen-bond donors (Lipinski definition) is 0. The van der Waals surface area contributed by atoms with E-state index in [-0.39, 0.29) is 17.9 Å². The topological polar surface area (TPSA) is 37.4 Å². The molecule has 0 spiro atoms. The zero-order valence-corrected chi connectivity index (χ0v) is 10.3. The van der Waals surface area contributed by atoms with E-state index < -0.39 is 23.5 Å². The van der Waals surface area contributed by atoms with Gasteiger partial charge in [0.2, 0.25) is 0 Å². The maximum Gasteiger partial charge on any atom is 0.419 e. The number of piperidine rings is 1. The van der Waals surface area contributed by atoms with Crippen LogP contribution in [0.3, 0.4) is 0 Å². The molecule has 0 aliphatic carbocycles. The van der Waals surface area contributed by atoms with Crippen molar-refractivity contribution in [3.8, 4) is 0 Å². The smallest absolute Gasteiger partial charge is 0.331 e. The minimum Gasteiger partial charge on any atom is -0.331 e. The highest BCUT2D eigenvalue weighted by molar-refractivity contribution is 5.97. The van der Waals surface area contributed by atoms with Crippen LogP contribution in [0.1, 0.15) is 28.8 Å². The van der Waals surface area contributed by atoms with E-state index in [2.05, 4.69) is 0 Å². The number of alkyl halides is 3. The maximum atomic E-state index is 13.1. The zero-order valence-electron chi connectivity index (χ0n) is 10.3. The van der Waals surface area contributed by atoms with Crippen LogP contribution in [0.15, 0.2) is 18.2 Å². The summed E-state index contributed by atoms with van der Waals surface area (Å²) in [7, 11) is 0. The Labute approximate surface area is 112 Å². The van der Waals surface area contributed by atoms with Gasteiger partial charge in [-0.1, -0.05) is 0 Å². The van der Waals surface area contributed by atoms with E-state index in [4.69, 9.17) is 0 Å². The summed E-state index contributed by atoms with van der Waals surface area (Å²) in [5.74, 6) is -2.25. The Hall–Kier alpha value is -1.92. The molecule has 108 valence electrons. The van der Waals surface area contributed by atoms with Crippen molar-refractivity contribution in [2.24, 2.45) is 0 Å². The summed E-state index contributed by atoms with van der Waals surface area (Å²) in [6.07, 6.45) is -4.02. The van der Waals surface area contributed by atoms with Crippen LogP contribution >= 0.6 is 0 Å². The Morgan fingerprint density at radius 2 is 1.95 bits per heavy atom. The van der Waals surface area contributed by atoms with Gasteiger partial charge in [-0.3, -0.25) is 9.59 Å². The number of carbonyl (C=O) groups is 2. The molecule has 1 aromatic carbocycles. The lowest BCUT2D eigenvalue weighted by molar-refractivity contribution is -0.140. The average Bonchev–Trinajstić information content (AvgIpc) is 2.37. The first-order valence-electron chi connectivity index (χ1n) is 5.97. The van der Waals surface area contributed by atoms with Crippen molar-refractivity contribution >= 4 is 11.7 Å². The number of rotatable bonds is 1. The summed E-state index contributed by atoms with van der Waals surface area (Å²) >= 11 is 0. The van der Waals surface area contributed by atoms with Gasteiger partial charge < -0.3 is 4.90 Å². The molecule has 0 N–H and O–H groups in total. The largest absolute Gasteiger partial charge is 0.419 e. The molecule has 1 saturated heterocycles. The first-order chi connectivity index (χ1) is 9.29. The number of carbonyl (C=O) groups excluding carboxylic acids is 2. The number of nitrogens with zero attached hydrogens (tertiary/aromatic N) is 1. The predicted octanol–water partition coefficient (Wildman–Crippen LogP) is 2.65. The first-order valence-corrected chi connectivity index (χ1v) is 5.97. The molecule has 1 aliphatic rings. The molecular formula is C13H11F4NO2. The number of Topliss-reactive ketones (excluding diaryl/α,β-unsaturated/α-hetero) is 1. The van der Waals surface area contributed by atoms with Crippen molar-refractivity contribution in [3.63, 3.8) is 0 Å². The van der Waals surface area contributed by atoms with Crippen molar-refractivity contribution in [1.82, 2.24) is 4.90 Å². The van der Waals surface area contributed by atoms with Gasteiger partial charge >= 0.3 is 6.18 Å². The van der Waals surface area contributed by atoms with E-state index in [0.29, 0.717) is 31.5 Å². The maximum absolute atomic E-state index is 13.1. The Morgan fingerprint density at radius 3 is 2.55 bits per heavy atom. The summed E-state index contributed by atoms with van der Waals surface area (Å²) in [5.41, 5.74) is -1.75. The van der Waals surface area contributed by atoms with Gasteiger partial charge in [0.25, 0.3) is 5.91 Å². The van der Waals surface area contributed by atoms with Crippen LogP contribution in [0.2, 0.25) is 0 Å². The van der Waals surface area contributed by atoms with Crippen LogP contribution in [0.4, 0.5) is 17.6 Å². The van der Waals surface area contributed by atoms with Crippen LogP contribution < -0.4 is 0 Å². The molecule has 1 aromatic rings. The van der Waals surface area contributed by atoms with E-state index in [1.807, 2.05) is 0 Å². The van der Waals surface area contributed by atoms with E-state index in [9.17, 15) is 27.2 Å². The fourth-order valence-corrected chi connectivity index (χ4v) is 2.07. The molecule has 0 bridgehead atoms. The van der Waals surface area contributed by atoms with Crippen LogP contribution in [0, 0.1) is 5.82 Å². The fraction of sp³-hybridized carbons (Fsp3) is 0.385. The summed E-state index contributed by atoms with van der Waals surface area (Å²) in [5, 5.41) is 0. The van der Waals surface area contributed by atoms with Crippen molar-refractivity contribution in [2.45, 2.75) is 19.0 Å². The first kappa shape index (κ1) is 14.5. The number of ketones is 1. The zero-order chi connectivity index (χ0) is 14.9. The van der Waals surface area contributed by atoms with Gasteiger partial charge in [-0.2, -0.15) is 13.2 Å². The molecule has 1 amide bonds. The second kappa shape index (κ2) is 5.22. The quantitative estimate of drug-likeness (QED) is 0.745. The van der Waals surface area contributed by atoms with Gasteiger partial charge in [-0.15, -0.1) is 0 Å². The molecule has 0 atom stereocenters. The van der Waals surface area contributed by atoms with Crippen molar-refractivity contribution in [1.29, 1.82) is 0 Å². The normalized spacial score (nSPS) is 16.4. The second-order valence-corrected chi connectivity index (χ2v) is 4.56. The minimum absolute atomic E-state index is 0.114. The molecule has 0 aromatic heterocycles. The second-order valence-electron chi connectivity index (χ2n) is 4.56. The highest BCUT2D eigenvalue weighted by Crippen LogP contribution is 2.32. The highest BCUT2D eigenvalue weighted by Gasteiger charge is 2.35. The van der Waals surface area contributed by atoms with Crippen LogP contribution in [0.5, 0.6) is 0 Å². The number of amides is 1. The molecule has 0 unspecified atom stereocenters. The summed E-state index contributed by atoms with van der Waals surface area (Å²) < 4.78 is 50.9. The lowest BCUT2D eigenvalue weighted by Gasteiger charge is -2.26. The van der Waals surface area contributed by atoms with Crippen molar-refractivity contribution < 1.29 is 27.2 Å². The lowest BCUT2D eigenvalue weighted by Crippen LogP contribution is -2.40. The lowest BCUT2D eigenvalue weighted by atomic mass is 10.1. The molecule has 1 fully saturated rings. The number of halogens is 4. The fourth-order valence-electron chi connectivity index (χ4n) is 2.07. The van der Waals surface area contributed by atoms with E-state index in [0.717, 1.165) is 6.07 Å². The number of hydrogen-bond acceptors (Lipinski definition) is 2. The Balaban J connectivity index is 2.29. The van der Waals surface area contributed by atoms with Gasteiger partial charge in [0, 0.05) is 18.5 Å². The summed E-state index contributed by atoms with van der Waals surface area (Å²) in [4.78, 5) is 24.5. The minimum atomic E-state index is -4.86. The van der Waals surface area contributed by atoms with Crippen molar-refractivity contribution in [2.75, 3.05) is 13.1 Å². The van der Waals surface area contributed by atoms with Crippen molar-refractivity contribution in [3.05, 3.63) is 35.1 Å². The molecule has 1 aliphatic heterocycles. The standard InChI is InChI=1S/C13H11F4NO2/c14-11-4-3-8(6-10(11)13(15,16)17)12(20)18-5-1-2-9(19)7-18/h3-4,6H,1-2,5,7H2. The molecule has 0 radical (unpaired) electrons. The molecule has 7 heteroatoms. The third kappa shape index (κ3) is 2.97. The SMILES string of the molecule is O=C1CCCN(C(=O)c2ccc(F)c(C(F)(F)F)c2)C1. The van der Waals surface area contributed by atoms with E-state index >= 15 is 0 Å². The molecule has 1 heterocycles. The van der Waals surface area contributed by atoms with Gasteiger partial charge in [-0.05, 0) is 24.6 Å². The van der Waals surface area contributed by atoms with Gasteiger partial charge in [-0.25, -0.2) is 4.39 Å². The monoisotopic (exact) mass is 289 g/mol. The van der Waals surface area contributed by atoms with Crippen LogP contribution in [-0.2, 0) is 11.0 Å². The molecule has 0 saturated carbocycles. The Kier molecular flexibility index (Phi) is 3.78. The van der Waals surface area contributed by atoms with Crippen LogP contribution in [-0.4, -0.2) is 29.7 Å². The molecular weight excluding hydrogens is 278 g/mol.